The van der Waals surface area contributed by atoms with E-state index in [1.807, 2.05) is 0 Å². The van der Waals surface area contributed by atoms with Gasteiger partial charge in [0.05, 0.1) is 29.1 Å². The molecule has 3 rings (SSSR count). The maximum atomic E-state index is 11.1. The first-order valence-electron chi connectivity index (χ1n) is 10.2. The summed E-state index contributed by atoms with van der Waals surface area (Å²) >= 11 is 0. The van der Waals surface area contributed by atoms with Crippen LogP contribution in [0, 0.1) is 20.2 Å². The van der Waals surface area contributed by atoms with Gasteiger partial charge in [0, 0.05) is 6.07 Å². The summed E-state index contributed by atoms with van der Waals surface area (Å²) in [6.07, 6.45) is -16.9. The van der Waals surface area contributed by atoms with Gasteiger partial charge in [0.2, 0.25) is 6.29 Å². The maximum Gasteiger partial charge on any atom is 0.349 e. The lowest BCUT2D eigenvalue weighted by Gasteiger charge is -2.45. The monoisotopic (exact) mass is 508 g/mol. The highest BCUT2D eigenvalue weighted by atomic mass is 16.7. The highest BCUT2D eigenvalue weighted by Crippen LogP contribution is 2.34. The number of aliphatic hydroxyl groups is 7. The van der Waals surface area contributed by atoms with Crippen LogP contribution >= 0.6 is 0 Å². The number of hydrogen-bond acceptors (Lipinski definition) is 15. The van der Waals surface area contributed by atoms with Crippen molar-refractivity contribution >= 4 is 11.4 Å². The Balaban J connectivity index is 1.76. The normalized spacial score (nSPS) is 37.6. The van der Waals surface area contributed by atoms with Gasteiger partial charge in [-0.2, -0.15) is 0 Å². The van der Waals surface area contributed by atoms with E-state index in [1.54, 1.807) is 0 Å². The first-order chi connectivity index (χ1) is 16.5. The molecule has 2 aliphatic heterocycles. The molecule has 10 unspecified atom stereocenters. The molecule has 0 aliphatic carbocycles. The summed E-state index contributed by atoms with van der Waals surface area (Å²) in [6.45, 7) is -1.58. The van der Waals surface area contributed by atoms with Crippen molar-refractivity contribution in [2.45, 2.75) is 61.4 Å². The third-order valence-corrected chi connectivity index (χ3v) is 5.55. The summed E-state index contributed by atoms with van der Waals surface area (Å²) in [4.78, 5) is 20.1. The second-order valence-corrected chi connectivity index (χ2v) is 7.79. The van der Waals surface area contributed by atoms with Crippen LogP contribution < -0.4 is 4.74 Å². The van der Waals surface area contributed by atoms with Crippen molar-refractivity contribution in [1.29, 1.82) is 0 Å². The number of benzene rings is 1. The fourth-order valence-corrected chi connectivity index (χ4v) is 3.66. The van der Waals surface area contributed by atoms with Gasteiger partial charge in [-0.05, 0) is 6.07 Å². The number of nitro benzene ring substituents is 2. The first kappa shape index (κ1) is 27.0. The molecule has 196 valence electrons. The second kappa shape index (κ2) is 11.0. The smallest absolute Gasteiger partial charge is 0.349 e. The molecule has 0 aromatic heterocycles. The largest absolute Gasteiger partial charge is 0.462 e. The number of aliphatic hydroxyl groups excluding tert-OH is 7. The molecule has 0 bridgehead atoms. The van der Waals surface area contributed by atoms with Crippen molar-refractivity contribution < 1.29 is 64.5 Å². The molecule has 2 aliphatic rings. The molecule has 17 nitrogen and oxygen atoms in total. The van der Waals surface area contributed by atoms with E-state index in [-0.39, 0.29) is 5.75 Å². The Morgan fingerprint density at radius 1 is 0.771 bits per heavy atom. The molecule has 2 saturated heterocycles. The van der Waals surface area contributed by atoms with Crippen LogP contribution in [0.3, 0.4) is 0 Å². The molecule has 1 aromatic carbocycles. The fourth-order valence-electron chi connectivity index (χ4n) is 3.66. The Kier molecular flexibility index (Phi) is 8.49. The van der Waals surface area contributed by atoms with Crippen LogP contribution in [-0.2, 0) is 14.2 Å². The molecule has 2 heterocycles. The zero-order chi connectivity index (χ0) is 26.0. The molecule has 1 aromatic rings. The van der Waals surface area contributed by atoms with E-state index in [0.717, 1.165) is 12.1 Å². The molecule has 10 atom stereocenters. The highest BCUT2D eigenvalue weighted by Gasteiger charge is 2.51. The average Bonchev–Trinajstić information content (AvgIpc) is 2.83. The molecule has 2 fully saturated rings. The van der Waals surface area contributed by atoms with E-state index in [2.05, 4.69) is 0 Å². The SMILES string of the molecule is O=[N+]([O-])c1ccc(OC2OC(CO)C(OC3OC(CO)C(O)C(O)C3O)C(O)C2O)cc1[N+](=O)[O-]. The summed E-state index contributed by atoms with van der Waals surface area (Å²) in [5.41, 5.74) is -1.71. The van der Waals surface area contributed by atoms with Crippen LogP contribution in [0.1, 0.15) is 0 Å². The Morgan fingerprint density at radius 2 is 1.34 bits per heavy atom. The van der Waals surface area contributed by atoms with Gasteiger partial charge in [0.1, 0.15) is 54.6 Å². The van der Waals surface area contributed by atoms with Crippen molar-refractivity contribution in [3.05, 3.63) is 38.4 Å². The number of nitro groups is 2. The molecule has 7 N–H and O–H groups in total. The lowest BCUT2D eigenvalue weighted by atomic mass is 9.97. The van der Waals surface area contributed by atoms with Crippen molar-refractivity contribution in [3.8, 4) is 5.75 Å². The van der Waals surface area contributed by atoms with Gasteiger partial charge < -0.3 is 54.7 Å². The van der Waals surface area contributed by atoms with Gasteiger partial charge in [-0.15, -0.1) is 0 Å². The van der Waals surface area contributed by atoms with Crippen LogP contribution in [0.15, 0.2) is 18.2 Å². The quantitative estimate of drug-likeness (QED) is 0.133. The van der Waals surface area contributed by atoms with Crippen LogP contribution in [-0.4, -0.2) is 120 Å². The van der Waals surface area contributed by atoms with Crippen molar-refractivity contribution in [2.75, 3.05) is 13.2 Å². The Labute approximate surface area is 195 Å². The summed E-state index contributed by atoms with van der Waals surface area (Å²) < 4.78 is 21.3. The first-order valence-corrected chi connectivity index (χ1v) is 10.2. The van der Waals surface area contributed by atoms with Gasteiger partial charge in [-0.3, -0.25) is 20.2 Å². The van der Waals surface area contributed by atoms with E-state index < -0.39 is 95.8 Å². The minimum Gasteiger partial charge on any atom is -0.462 e. The van der Waals surface area contributed by atoms with Crippen LogP contribution in [0.2, 0.25) is 0 Å². The third-order valence-electron chi connectivity index (χ3n) is 5.55. The van der Waals surface area contributed by atoms with Crippen LogP contribution in [0.25, 0.3) is 0 Å². The van der Waals surface area contributed by atoms with E-state index in [0.29, 0.717) is 6.07 Å². The van der Waals surface area contributed by atoms with E-state index in [9.17, 15) is 56.0 Å². The summed E-state index contributed by atoms with van der Waals surface area (Å²) in [7, 11) is 0. The summed E-state index contributed by atoms with van der Waals surface area (Å²) in [5, 5.41) is 91.9. The average molecular weight is 508 g/mol. The van der Waals surface area contributed by atoms with Crippen LogP contribution in [0.5, 0.6) is 5.75 Å². The second-order valence-electron chi connectivity index (χ2n) is 7.79. The number of ether oxygens (including phenoxy) is 4. The fraction of sp³-hybridized carbons (Fsp3) is 0.667. The summed E-state index contributed by atoms with van der Waals surface area (Å²) in [5.74, 6) is -0.330. The van der Waals surface area contributed by atoms with E-state index in [4.69, 9.17) is 18.9 Å². The molecule has 0 amide bonds. The zero-order valence-corrected chi connectivity index (χ0v) is 17.7. The number of nitrogens with zero attached hydrogens (tertiary/aromatic N) is 2. The molecular weight excluding hydrogens is 484 g/mol. The molecule has 17 heteroatoms. The Hall–Kier alpha value is -2.58. The predicted molar refractivity (Wildman–Crippen MR) is 107 cm³/mol. The predicted octanol–water partition coefficient (Wildman–Crippen LogP) is -3.49. The van der Waals surface area contributed by atoms with Gasteiger partial charge in [-0.1, -0.05) is 0 Å². The Morgan fingerprint density at radius 3 is 1.91 bits per heavy atom. The minimum absolute atomic E-state index is 0.330. The minimum atomic E-state index is -1.90. The number of rotatable bonds is 8. The lowest BCUT2D eigenvalue weighted by molar-refractivity contribution is -0.422. The highest BCUT2D eigenvalue weighted by molar-refractivity contribution is 5.55. The lowest BCUT2D eigenvalue weighted by Crippen LogP contribution is -2.65. The van der Waals surface area contributed by atoms with E-state index >= 15 is 0 Å². The molecular formula is C18H24N2O15. The van der Waals surface area contributed by atoms with Gasteiger partial charge >= 0.3 is 11.4 Å². The molecule has 0 saturated carbocycles. The summed E-state index contributed by atoms with van der Waals surface area (Å²) in [6, 6.07) is 2.51. The van der Waals surface area contributed by atoms with E-state index in [1.165, 1.54) is 0 Å². The Bertz CT molecular complexity index is 914. The van der Waals surface area contributed by atoms with Gasteiger partial charge in [-0.25, -0.2) is 0 Å². The van der Waals surface area contributed by atoms with Gasteiger partial charge in [0.15, 0.2) is 6.29 Å². The third kappa shape index (κ3) is 5.48. The van der Waals surface area contributed by atoms with Crippen molar-refractivity contribution in [3.63, 3.8) is 0 Å². The van der Waals surface area contributed by atoms with Crippen LogP contribution in [0.4, 0.5) is 11.4 Å². The van der Waals surface area contributed by atoms with Gasteiger partial charge in [0.25, 0.3) is 0 Å². The standard InChI is InChI=1S/C18H24N2O15/c21-4-9-11(23)12(24)14(26)18(33-9)35-16-10(5-22)34-17(15(27)13(16)25)32-6-1-2-7(19(28)29)8(3-6)20(30)31/h1-3,9-18,21-27H,4-5H2. The molecule has 0 radical (unpaired) electrons. The molecule has 35 heavy (non-hydrogen) atoms. The topological polar surface area (TPSA) is 265 Å². The van der Waals surface area contributed by atoms with Crippen molar-refractivity contribution in [1.82, 2.24) is 0 Å². The number of hydrogen-bond donors (Lipinski definition) is 7. The zero-order valence-electron chi connectivity index (χ0n) is 17.7. The van der Waals surface area contributed by atoms with Crippen molar-refractivity contribution in [2.24, 2.45) is 0 Å². The maximum absolute atomic E-state index is 11.1. The molecule has 0 spiro atoms.